The summed E-state index contributed by atoms with van der Waals surface area (Å²) in [6, 6.07) is 0. The predicted molar refractivity (Wildman–Crippen MR) is 81.7 cm³/mol. The largest absolute Gasteiger partial charge is 0.366 e. The van der Waals surface area contributed by atoms with E-state index in [4.69, 9.17) is 4.74 Å². The van der Waals surface area contributed by atoms with Crippen molar-refractivity contribution in [3.63, 3.8) is 0 Å². The van der Waals surface area contributed by atoms with Gasteiger partial charge in [0.25, 0.3) is 5.91 Å². The second kappa shape index (κ2) is 6.82. The Morgan fingerprint density at radius 3 is 3.17 bits per heavy atom. The summed E-state index contributed by atoms with van der Waals surface area (Å²) in [7, 11) is 0. The summed E-state index contributed by atoms with van der Waals surface area (Å²) in [5.74, 6) is 1.37. The normalized spacial score (nSPS) is 18.2. The molecule has 3 heterocycles. The smallest absolute Gasteiger partial charge is 0.257 e. The van der Waals surface area contributed by atoms with Crippen LogP contribution in [0.3, 0.4) is 0 Å². The van der Waals surface area contributed by atoms with Crippen molar-refractivity contribution in [2.24, 2.45) is 0 Å². The summed E-state index contributed by atoms with van der Waals surface area (Å²) in [5, 5.41) is 7.14. The maximum absolute atomic E-state index is 12.6. The molecule has 1 atom stereocenters. The quantitative estimate of drug-likeness (QED) is 0.906. The van der Waals surface area contributed by atoms with E-state index in [0.29, 0.717) is 36.8 Å². The number of H-pyrrole nitrogens is 1. The standard InChI is InChI=1S/C15H20N6O2/c1-3-4-13-18-14(20-19-13)12-8-21(5-6-23-12)15(22)11-7-16-9-17-10(11)2/h7,9,12H,3-6,8H2,1-2H3,(H,18,19,20)/t12-/m0/s1. The molecule has 0 aliphatic carbocycles. The summed E-state index contributed by atoms with van der Waals surface area (Å²) in [4.78, 5) is 26.9. The average Bonchev–Trinajstić information content (AvgIpc) is 3.04. The summed E-state index contributed by atoms with van der Waals surface area (Å²) in [6.45, 7) is 5.32. The number of rotatable bonds is 4. The number of nitrogens with zero attached hydrogens (tertiary/aromatic N) is 5. The van der Waals surface area contributed by atoms with Gasteiger partial charge >= 0.3 is 0 Å². The molecule has 0 spiro atoms. The number of amides is 1. The van der Waals surface area contributed by atoms with E-state index in [1.807, 2.05) is 0 Å². The van der Waals surface area contributed by atoms with Gasteiger partial charge in [-0.25, -0.2) is 15.0 Å². The molecule has 0 saturated carbocycles. The van der Waals surface area contributed by atoms with Gasteiger partial charge in [-0.3, -0.25) is 9.89 Å². The Labute approximate surface area is 134 Å². The van der Waals surface area contributed by atoms with Crippen LogP contribution < -0.4 is 0 Å². The molecule has 1 aliphatic rings. The Morgan fingerprint density at radius 2 is 2.39 bits per heavy atom. The van der Waals surface area contributed by atoms with Crippen LogP contribution in [0, 0.1) is 6.92 Å². The number of aromatic amines is 1. The minimum Gasteiger partial charge on any atom is -0.366 e. The highest BCUT2D eigenvalue weighted by Gasteiger charge is 2.29. The average molecular weight is 316 g/mol. The topological polar surface area (TPSA) is 96.9 Å². The predicted octanol–water partition coefficient (Wildman–Crippen LogP) is 1.07. The Balaban J connectivity index is 1.72. The molecule has 0 unspecified atom stereocenters. The van der Waals surface area contributed by atoms with Crippen LogP contribution >= 0.6 is 0 Å². The van der Waals surface area contributed by atoms with Crippen LogP contribution in [0.25, 0.3) is 0 Å². The molecule has 0 aromatic carbocycles. The van der Waals surface area contributed by atoms with Gasteiger partial charge in [-0.1, -0.05) is 6.92 Å². The molecule has 2 aromatic heterocycles. The number of aryl methyl sites for hydroxylation is 2. The molecular formula is C15H20N6O2. The lowest BCUT2D eigenvalue weighted by Gasteiger charge is -2.31. The van der Waals surface area contributed by atoms with E-state index in [1.54, 1.807) is 18.0 Å². The van der Waals surface area contributed by atoms with Crippen molar-refractivity contribution in [3.05, 3.63) is 35.4 Å². The molecule has 1 aliphatic heterocycles. The van der Waals surface area contributed by atoms with Crippen LogP contribution in [0.1, 0.15) is 47.1 Å². The number of hydrogen-bond donors (Lipinski definition) is 1. The van der Waals surface area contributed by atoms with Gasteiger partial charge in [-0.2, -0.15) is 5.10 Å². The zero-order valence-corrected chi connectivity index (χ0v) is 13.3. The first-order chi connectivity index (χ1) is 11.2. The Hall–Kier alpha value is -2.35. The zero-order valence-electron chi connectivity index (χ0n) is 13.3. The highest BCUT2D eigenvalue weighted by Crippen LogP contribution is 2.21. The number of hydrogen-bond acceptors (Lipinski definition) is 6. The van der Waals surface area contributed by atoms with Crippen LogP contribution in [0.2, 0.25) is 0 Å². The third kappa shape index (κ3) is 3.37. The number of morpholine rings is 1. The van der Waals surface area contributed by atoms with Crippen LogP contribution in [-0.2, 0) is 11.2 Å². The van der Waals surface area contributed by atoms with Gasteiger partial charge in [-0.05, 0) is 13.3 Å². The van der Waals surface area contributed by atoms with Gasteiger partial charge in [0.1, 0.15) is 18.3 Å². The molecule has 2 aromatic rings. The molecule has 0 radical (unpaired) electrons. The van der Waals surface area contributed by atoms with E-state index in [0.717, 1.165) is 18.7 Å². The van der Waals surface area contributed by atoms with Gasteiger partial charge in [-0.15, -0.1) is 0 Å². The van der Waals surface area contributed by atoms with Crippen LogP contribution in [-0.4, -0.2) is 55.7 Å². The van der Waals surface area contributed by atoms with Crippen molar-refractivity contribution in [2.75, 3.05) is 19.7 Å². The van der Waals surface area contributed by atoms with E-state index in [-0.39, 0.29) is 12.0 Å². The van der Waals surface area contributed by atoms with Crippen molar-refractivity contribution in [3.8, 4) is 0 Å². The molecule has 1 amide bonds. The Bertz CT molecular complexity index is 686. The molecule has 1 saturated heterocycles. The number of carbonyl (C=O) groups excluding carboxylic acids is 1. The monoisotopic (exact) mass is 316 g/mol. The molecule has 122 valence electrons. The fourth-order valence-corrected chi connectivity index (χ4v) is 2.56. The molecule has 1 N–H and O–H groups in total. The lowest BCUT2D eigenvalue weighted by molar-refractivity contribution is -0.0267. The fraction of sp³-hybridized carbons (Fsp3) is 0.533. The summed E-state index contributed by atoms with van der Waals surface area (Å²) in [5.41, 5.74) is 1.20. The lowest BCUT2D eigenvalue weighted by Crippen LogP contribution is -2.42. The van der Waals surface area contributed by atoms with E-state index >= 15 is 0 Å². The van der Waals surface area contributed by atoms with Crippen molar-refractivity contribution in [1.29, 1.82) is 0 Å². The minimum absolute atomic E-state index is 0.0827. The van der Waals surface area contributed by atoms with Crippen molar-refractivity contribution in [1.82, 2.24) is 30.0 Å². The number of carbonyl (C=O) groups is 1. The second-order valence-corrected chi connectivity index (χ2v) is 5.52. The van der Waals surface area contributed by atoms with Crippen molar-refractivity contribution in [2.45, 2.75) is 32.8 Å². The minimum atomic E-state index is -0.306. The fourth-order valence-electron chi connectivity index (χ4n) is 2.56. The molecule has 8 nitrogen and oxygen atoms in total. The van der Waals surface area contributed by atoms with E-state index in [9.17, 15) is 4.79 Å². The third-order valence-corrected chi connectivity index (χ3v) is 3.82. The van der Waals surface area contributed by atoms with Gasteiger partial charge < -0.3 is 9.64 Å². The number of nitrogens with one attached hydrogen (secondary N) is 1. The highest BCUT2D eigenvalue weighted by molar-refractivity contribution is 5.94. The molecule has 0 bridgehead atoms. The van der Waals surface area contributed by atoms with Gasteiger partial charge in [0.15, 0.2) is 5.82 Å². The molecule has 1 fully saturated rings. The molecule has 23 heavy (non-hydrogen) atoms. The summed E-state index contributed by atoms with van der Waals surface area (Å²) in [6.07, 6.45) is 4.54. The first-order valence-electron chi connectivity index (χ1n) is 7.77. The van der Waals surface area contributed by atoms with E-state index in [1.165, 1.54) is 6.33 Å². The van der Waals surface area contributed by atoms with Crippen molar-refractivity contribution >= 4 is 5.91 Å². The number of ether oxygens (including phenoxy) is 1. The Kier molecular flexibility index (Phi) is 4.61. The van der Waals surface area contributed by atoms with Gasteiger partial charge in [0.05, 0.1) is 24.4 Å². The van der Waals surface area contributed by atoms with Gasteiger partial charge in [0, 0.05) is 19.2 Å². The molecule has 3 rings (SSSR count). The second-order valence-electron chi connectivity index (χ2n) is 5.52. The Morgan fingerprint density at radius 1 is 1.52 bits per heavy atom. The van der Waals surface area contributed by atoms with E-state index < -0.39 is 0 Å². The van der Waals surface area contributed by atoms with E-state index in [2.05, 4.69) is 32.1 Å². The van der Waals surface area contributed by atoms with Crippen molar-refractivity contribution < 1.29 is 9.53 Å². The third-order valence-electron chi connectivity index (χ3n) is 3.82. The van der Waals surface area contributed by atoms with Crippen LogP contribution in [0.15, 0.2) is 12.5 Å². The first-order valence-corrected chi connectivity index (χ1v) is 7.77. The van der Waals surface area contributed by atoms with Gasteiger partial charge in [0.2, 0.25) is 0 Å². The lowest BCUT2D eigenvalue weighted by atomic mass is 10.2. The zero-order chi connectivity index (χ0) is 16.2. The molecular weight excluding hydrogens is 296 g/mol. The maximum atomic E-state index is 12.6. The first kappa shape index (κ1) is 15.5. The highest BCUT2D eigenvalue weighted by atomic mass is 16.5. The maximum Gasteiger partial charge on any atom is 0.257 e. The van der Waals surface area contributed by atoms with Crippen LogP contribution in [0.4, 0.5) is 0 Å². The SMILES string of the molecule is CCCc1nc([C@@H]2CN(C(=O)c3cncnc3C)CCO2)n[nH]1. The summed E-state index contributed by atoms with van der Waals surface area (Å²) < 4.78 is 5.73. The summed E-state index contributed by atoms with van der Waals surface area (Å²) >= 11 is 0. The molecule has 8 heteroatoms. The van der Waals surface area contributed by atoms with Crippen LogP contribution in [0.5, 0.6) is 0 Å². The number of aromatic nitrogens is 5.